The number of piperazine rings is 1. The fraction of sp³-hybridized carbons (Fsp3) is 0.818. The van der Waals surface area contributed by atoms with Gasteiger partial charge in [-0.15, -0.1) is 0 Å². The summed E-state index contributed by atoms with van der Waals surface area (Å²) in [5, 5.41) is 2.73. The van der Waals surface area contributed by atoms with Crippen molar-refractivity contribution in [2.75, 3.05) is 20.2 Å². The number of carbonyl (C=O) groups excluding carboxylic acids is 2. The van der Waals surface area contributed by atoms with Crippen molar-refractivity contribution in [2.45, 2.75) is 38.8 Å². The quantitative estimate of drug-likeness (QED) is 0.748. The summed E-state index contributed by atoms with van der Waals surface area (Å²) in [6.07, 6.45) is 0.293. The number of amides is 2. The van der Waals surface area contributed by atoms with Crippen LogP contribution in [0.25, 0.3) is 0 Å². The largest absolute Gasteiger partial charge is 0.378 e. The van der Waals surface area contributed by atoms with E-state index in [-0.39, 0.29) is 17.9 Å². The minimum atomic E-state index is -0.481. The molecule has 1 aliphatic heterocycles. The molecule has 1 N–H and O–H groups in total. The Morgan fingerprint density at radius 1 is 1.62 bits per heavy atom. The standard InChI is InChI=1S/C11H20N2O3/c1-8-10(15)12-5-6-13(8)9(14)7-11(2,3)16-4/h8H,5-7H2,1-4H3,(H,12,15). The van der Waals surface area contributed by atoms with Crippen LogP contribution < -0.4 is 5.32 Å². The summed E-state index contributed by atoms with van der Waals surface area (Å²) in [6, 6.07) is -0.381. The minimum Gasteiger partial charge on any atom is -0.378 e. The number of rotatable bonds is 3. The number of carbonyl (C=O) groups is 2. The van der Waals surface area contributed by atoms with Crippen molar-refractivity contribution in [3.05, 3.63) is 0 Å². The highest BCUT2D eigenvalue weighted by molar-refractivity contribution is 5.88. The molecule has 1 saturated heterocycles. The lowest BCUT2D eigenvalue weighted by atomic mass is 10.0. The van der Waals surface area contributed by atoms with Gasteiger partial charge in [-0.3, -0.25) is 9.59 Å². The summed E-state index contributed by atoms with van der Waals surface area (Å²) < 4.78 is 5.21. The average molecular weight is 228 g/mol. The van der Waals surface area contributed by atoms with Crippen molar-refractivity contribution in [3.63, 3.8) is 0 Å². The Morgan fingerprint density at radius 3 is 2.81 bits per heavy atom. The molecule has 1 unspecified atom stereocenters. The lowest BCUT2D eigenvalue weighted by Crippen LogP contribution is -2.56. The van der Waals surface area contributed by atoms with Gasteiger partial charge in [-0.2, -0.15) is 0 Å². The van der Waals surface area contributed by atoms with Crippen LogP contribution in [0.5, 0.6) is 0 Å². The number of nitrogens with one attached hydrogen (secondary N) is 1. The molecule has 16 heavy (non-hydrogen) atoms. The smallest absolute Gasteiger partial charge is 0.242 e. The van der Waals surface area contributed by atoms with Gasteiger partial charge in [-0.25, -0.2) is 0 Å². The van der Waals surface area contributed by atoms with E-state index in [1.54, 1.807) is 18.9 Å². The monoisotopic (exact) mass is 228 g/mol. The van der Waals surface area contributed by atoms with Crippen molar-refractivity contribution in [1.29, 1.82) is 0 Å². The molecule has 0 radical (unpaired) electrons. The van der Waals surface area contributed by atoms with Gasteiger partial charge < -0.3 is 15.0 Å². The van der Waals surface area contributed by atoms with E-state index in [2.05, 4.69) is 5.32 Å². The summed E-state index contributed by atoms with van der Waals surface area (Å²) in [5.41, 5.74) is -0.481. The number of methoxy groups -OCH3 is 1. The van der Waals surface area contributed by atoms with Crippen LogP contribution in [0.4, 0.5) is 0 Å². The Bertz CT molecular complexity index is 289. The Kier molecular flexibility index (Phi) is 3.91. The lowest BCUT2D eigenvalue weighted by Gasteiger charge is -2.35. The molecule has 2 amide bonds. The van der Waals surface area contributed by atoms with Crippen molar-refractivity contribution >= 4 is 11.8 Å². The number of hydrogen-bond acceptors (Lipinski definition) is 3. The molecule has 1 aliphatic rings. The molecule has 0 aromatic carbocycles. The molecule has 0 bridgehead atoms. The van der Waals surface area contributed by atoms with E-state index in [0.717, 1.165) is 0 Å². The molecule has 0 aromatic heterocycles. The zero-order valence-electron chi connectivity index (χ0n) is 10.4. The summed E-state index contributed by atoms with van der Waals surface area (Å²) in [7, 11) is 1.58. The third kappa shape index (κ3) is 2.95. The highest BCUT2D eigenvalue weighted by Gasteiger charge is 2.32. The first kappa shape index (κ1) is 13.0. The van der Waals surface area contributed by atoms with Crippen LogP contribution in [-0.4, -0.2) is 48.6 Å². The maximum absolute atomic E-state index is 12.0. The van der Waals surface area contributed by atoms with E-state index in [1.807, 2.05) is 13.8 Å². The normalized spacial score (nSPS) is 21.9. The fourth-order valence-corrected chi connectivity index (χ4v) is 1.66. The van der Waals surface area contributed by atoms with Gasteiger partial charge in [-0.1, -0.05) is 0 Å². The molecule has 0 spiro atoms. The Morgan fingerprint density at radius 2 is 2.25 bits per heavy atom. The van der Waals surface area contributed by atoms with E-state index >= 15 is 0 Å². The van der Waals surface area contributed by atoms with Crippen molar-refractivity contribution in [1.82, 2.24) is 10.2 Å². The molecule has 0 saturated carbocycles. The lowest BCUT2D eigenvalue weighted by molar-refractivity contribution is -0.146. The van der Waals surface area contributed by atoms with Gasteiger partial charge in [0, 0.05) is 20.2 Å². The third-order valence-corrected chi connectivity index (χ3v) is 2.95. The average Bonchev–Trinajstić information content (AvgIpc) is 2.21. The first-order valence-electron chi connectivity index (χ1n) is 5.50. The van der Waals surface area contributed by atoms with Crippen LogP contribution in [0.2, 0.25) is 0 Å². The van der Waals surface area contributed by atoms with Crippen LogP contribution in [0, 0.1) is 0 Å². The number of ether oxygens (including phenoxy) is 1. The number of nitrogens with zero attached hydrogens (tertiary/aromatic N) is 1. The molecule has 0 aliphatic carbocycles. The maximum Gasteiger partial charge on any atom is 0.242 e. The predicted molar refractivity (Wildman–Crippen MR) is 59.9 cm³/mol. The van der Waals surface area contributed by atoms with Crippen LogP contribution in [0.1, 0.15) is 27.2 Å². The minimum absolute atomic E-state index is 0.0331. The SMILES string of the molecule is COC(C)(C)CC(=O)N1CCNC(=O)C1C. The summed E-state index contributed by atoms with van der Waals surface area (Å²) >= 11 is 0. The van der Waals surface area contributed by atoms with Gasteiger partial charge in [0.25, 0.3) is 0 Å². The van der Waals surface area contributed by atoms with Gasteiger partial charge in [0.2, 0.25) is 11.8 Å². The van der Waals surface area contributed by atoms with Crippen molar-refractivity contribution in [2.24, 2.45) is 0 Å². The Balaban J connectivity index is 2.63. The molecule has 1 atom stereocenters. The van der Waals surface area contributed by atoms with E-state index in [4.69, 9.17) is 4.74 Å². The zero-order chi connectivity index (χ0) is 12.3. The number of hydrogen-bond donors (Lipinski definition) is 1. The molecule has 5 heteroatoms. The first-order valence-corrected chi connectivity index (χ1v) is 5.50. The highest BCUT2D eigenvalue weighted by atomic mass is 16.5. The van der Waals surface area contributed by atoms with E-state index < -0.39 is 5.60 Å². The second-order valence-corrected chi connectivity index (χ2v) is 4.69. The second kappa shape index (κ2) is 4.82. The topological polar surface area (TPSA) is 58.6 Å². The Hall–Kier alpha value is -1.10. The molecule has 5 nitrogen and oxygen atoms in total. The van der Waals surface area contributed by atoms with E-state index in [1.165, 1.54) is 0 Å². The van der Waals surface area contributed by atoms with Gasteiger partial charge in [0.05, 0.1) is 12.0 Å². The summed E-state index contributed by atoms with van der Waals surface area (Å²) in [6.45, 7) is 6.57. The summed E-state index contributed by atoms with van der Waals surface area (Å²) in [5.74, 6) is -0.121. The zero-order valence-corrected chi connectivity index (χ0v) is 10.4. The van der Waals surface area contributed by atoms with E-state index in [9.17, 15) is 9.59 Å². The molecular formula is C11H20N2O3. The van der Waals surface area contributed by atoms with Gasteiger partial charge >= 0.3 is 0 Å². The van der Waals surface area contributed by atoms with Gasteiger partial charge in [0.15, 0.2) is 0 Å². The van der Waals surface area contributed by atoms with Gasteiger partial charge in [0.1, 0.15) is 6.04 Å². The maximum atomic E-state index is 12.0. The molecule has 1 rings (SSSR count). The van der Waals surface area contributed by atoms with Crippen molar-refractivity contribution in [3.8, 4) is 0 Å². The molecule has 0 aromatic rings. The predicted octanol–water partition coefficient (Wildman–Crippen LogP) is 0.148. The molecule has 1 heterocycles. The van der Waals surface area contributed by atoms with Gasteiger partial charge in [-0.05, 0) is 20.8 Å². The fourth-order valence-electron chi connectivity index (χ4n) is 1.66. The molecule has 1 fully saturated rings. The third-order valence-electron chi connectivity index (χ3n) is 2.95. The highest BCUT2D eigenvalue weighted by Crippen LogP contribution is 2.16. The van der Waals surface area contributed by atoms with Crippen LogP contribution in [0.3, 0.4) is 0 Å². The van der Waals surface area contributed by atoms with E-state index in [0.29, 0.717) is 19.5 Å². The van der Waals surface area contributed by atoms with Crippen LogP contribution >= 0.6 is 0 Å². The molecular weight excluding hydrogens is 208 g/mol. The second-order valence-electron chi connectivity index (χ2n) is 4.69. The molecule has 92 valence electrons. The van der Waals surface area contributed by atoms with Crippen LogP contribution in [-0.2, 0) is 14.3 Å². The Labute approximate surface area is 96.1 Å². The van der Waals surface area contributed by atoms with Crippen molar-refractivity contribution < 1.29 is 14.3 Å². The summed E-state index contributed by atoms with van der Waals surface area (Å²) in [4.78, 5) is 25.0. The first-order chi connectivity index (χ1) is 7.37. The van der Waals surface area contributed by atoms with Crippen LogP contribution in [0.15, 0.2) is 0 Å².